The summed E-state index contributed by atoms with van der Waals surface area (Å²) in [5.74, 6) is 0.441. The maximum atomic E-state index is 13.6. The Morgan fingerprint density at radius 1 is 0.744 bits per heavy atom. The predicted molar refractivity (Wildman–Crippen MR) is 148 cm³/mol. The summed E-state index contributed by atoms with van der Waals surface area (Å²) >= 11 is 18.4. The second-order valence-electron chi connectivity index (χ2n) is 8.55. The maximum Gasteiger partial charge on any atom is 0.416 e. The van der Waals surface area contributed by atoms with E-state index in [0.717, 1.165) is 12.1 Å². The molecule has 1 aliphatic rings. The van der Waals surface area contributed by atoms with Gasteiger partial charge < -0.3 is 5.32 Å². The molecule has 1 aliphatic heterocycles. The number of halogens is 6. The highest BCUT2D eigenvalue weighted by Crippen LogP contribution is 2.39. The minimum absolute atomic E-state index is 0.177. The number of nitrogens with zero attached hydrogens (tertiary/aromatic N) is 3. The Morgan fingerprint density at radius 3 is 1.79 bits per heavy atom. The number of nitrogens with one attached hydrogen (secondary N) is 1. The topological polar surface area (TPSA) is 47.9 Å². The molecule has 198 valence electrons. The van der Waals surface area contributed by atoms with E-state index in [9.17, 15) is 18.0 Å². The minimum atomic E-state index is -4.49. The monoisotopic (exact) mass is 588 g/mol. The molecular formula is C28H18Cl3F3N4O. The fraction of sp³-hybridized carbons (Fsp3) is 0.0714. The van der Waals surface area contributed by atoms with Crippen LogP contribution in [-0.4, -0.2) is 16.9 Å². The Balaban J connectivity index is 1.59. The van der Waals surface area contributed by atoms with E-state index in [1.165, 1.54) is 17.1 Å². The Hall–Kier alpha value is -3.72. The molecule has 39 heavy (non-hydrogen) atoms. The number of amidine groups is 1. The van der Waals surface area contributed by atoms with E-state index in [-0.39, 0.29) is 5.69 Å². The largest absolute Gasteiger partial charge is 0.416 e. The lowest BCUT2D eigenvalue weighted by Gasteiger charge is -2.31. The van der Waals surface area contributed by atoms with Crippen molar-refractivity contribution >= 4 is 58.0 Å². The Labute approximate surface area is 237 Å². The zero-order chi connectivity index (χ0) is 27.7. The standard InChI is InChI=1S/C28H18Cl3F3N4O/c29-20-7-1-17(2-8-20)25-36-38(27(39)35-23-13-5-19(6-14-23)28(32,33)34)26(18-3-9-21(30)10-4-18)37(25)24-15-11-22(31)12-16-24/h1-16,26H,(H,35,39). The van der Waals surface area contributed by atoms with Crippen LogP contribution in [0.5, 0.6) is 0 Å². The third-order valence-electron chi connectivity index (χ3n) is 5.95. The second kappa shape index (κ2) is 10.8. The van der Waals surface area contributed by atoms with Crippen molar-refractivity contribution in [2.45, 2.75) is 12.3 Å². The molecule has 5 nitrogen and oxygen atoms in total. The molecule has 11 heteroatoms. The maximum absolute atomic E-state index is 13.6. The molecule has 0 saturated heterocycles. The summed E-state index contributed by atoms with van der Waals surface area (Å²) in [5, 5.41) is 10.1. The van der Waals surface area contributed by atoms with Crippen molar-refractivity contribution in [1.82, 2.24) is 5.01 Å². The second-order valence-corrected chi connectivity index (χ2v) is 9.86. The van der Waals surface area contributed by atoms with Gasteiger partial charge in [-0.1, -0.05) is 46.9 Å². The average Bonchev–Trinajstić information content (AvgIpc) is 3.30. The zero-order valence-corrected chi connectivity index (χ0v) is 22.1. The zero-order valence-electron chi connectivity index (χ0n) is 19.8. The summed E-state index contributed by atoms with van der Waals surface area (Å²) in [5.41, 5.74) is 1.41. The van der Waals surface area contributed by atoms with Gasteiger partial charge in [0.15, 0.2) is 12.0 Å². The molecule has 1 unspecified atom stereocenters. The number of anilines is 2. The van der Waals surface area contributed by atoms with Crippen LogP contribution in [0.1, 0.15) is 22.9 Å². The molecule has 5 rings (SSSR count). The Kier molecular flexibility index (Phi) is 7.44. The summed E-state index contributed by atoms with van der Waals surface area (Å²) in [6.07, 6.45) is -5.27. The Bertz CT molecular complexity index is 1510. The third kappa shape index (κ3) is 5.83. The van der Waals surface area contributed by atoms with Crippen molar-refractivity contribution in [1.29, 1.82) is 0 Å². The highest BCUT2D eigenvalue weighted by molar-refractivity contribution is 6.31. The van der Waals surface area contributed by atoms with Crippen LogP contribution >= 0.6 is 34.8 Å². The van der Waals surface area contributed by atoms with Crippen molar-refractivity contribution in [3.05, 3.63) is 129 Å². The molecule has 1 N–H and O–H groups in total. The van der Waals surface area contributed by atoms with Gasteiger partial charge in [-0.25, -0.2) is 4.79 Å². The molecule has 4 aromatic rings. The number of rotatable bonds is 4. The number of hydrogen-bond acceptors (Lipinski definition) is 3. The van der Waals surface area contributed by atoms with Crippen LogP contribution in [0.15, 0.2) is 102 Å². The molecule has 0 radical (unpaired) electrons. The van der Waals surface area contributed by atoms with Crippen LogP contribution < -0.4 is 10.2 Å². The van der Waals surface area contributed by atoms with Gasteiger partial charge in [0.2, 0.25) is 0 Å². The SMILES string of the molecule is O=C(Nc1ccc(C(F)(F)F)cc1)N1N=C(c2ccc(Cl)cc2)N(c2ccc(Cl)cc2)C1c1ccc(Cl)cc1. The van der Waals surface area contributed by atoms with Gasteiger partial charge in [-0.2, -0.15) is 18.2 Å². The van der Waals surface area contributed by atoms with Crippen molar-refractivity contribution in [3.8, 4) is 0 Å². The molecule has 0 spiro atoms. The molecule has 0 aromatic heterocycles. The fourth-order valence-electron chi connectivity index (χ4n) is 4.10. The van der Waals surface area contributed by atoms with Crippen LogP contribution in [0, 0.1) is 0 Å². The number of hydrogen-bond donors (Lipinski definition) is 1. The molecule has 0 fully saturated rings. The first-order valence-electron chi connectivity index (χ1n) is 11.5. The van der Waals surface area contributed by atoms with Crippen LogP contribution in [0.25, 0.3) is 0 Å². The summed E-state index contributed by atoms with van der Waals surface area (Å²) in [6, 6.07) is 24.5. The highest BCUT2D eigenvalue weighted by atomic mass is 35.5. The van der Waals surface area contributed by atoms with Gasteiger partial charge in [-0.3, -0.25) is 4.90 Å². The molecule has 1 heterocycles. The number of carbonyl (C=O) groups excluding carboxylic acids is 1. The lowest BCUT2D eigenvalue weighted by Crippen LogP contribution is -2.39. The van der Waals surface area contributed by atoms with Gasteiger partial charge in [-0.05, 0) is 90.5 Å². The predicted octanol–water partition coefficient (Wildman–Crippen LogP) is 9.08. The Morgan fingerprint density at radius 2 is 1.26 bits per heavy atom. The quantitative estimate of drug-likeness (QED) is 0.258. The number of amides is 2. The summed E-state index contributed by atoms with van der Waals surface area (Å²) < 4.78 is 39.0. The number of alkyl halides is 3. The number of hydrazone groups is 1. The summed E-state index contributed by atoms with van der Waals surface area (Å²) in [6.45, 7) is 0. The van der Waals surface area contributed by atoms with Crippen LogP contribution in [0.2, 0.25) is 15.1 Å². The molecule has 0 bridgehead atoms. The van der Waals surface area contributed by atoms with E-state index in [1.807, 2.05) is 4.90 Å². The normalized spacial score (nSPS) is 15.3. The van der Waals surface area contributed by atoms with Gasteiger partial charge >= 0.3 is 12.2 Å². The van der Waals surface area contributed by atoms with E-state index in [2.05, 4.69) is 10.4 Å². The molecule has 0 saturated carbocycles. The first-order chi connectivity index (χ1) is 18.6. The van der Waals surface area contributed by atoms with E-state index in [4.69, 9.17) is 34.8 Å². The van der Waals surface area contributed by atoms with Gasteiger partial charge in [0.05, 0.1) is 5.56 Å². The fourth-order valence-corrected chi connectivity index (χ4v) is 4.47. The number of benzene rings is 4. The van der Waals surface area contributed by atoms with Crippen molar-refractivity contribution < 1.29 is 18.0 Å². The average molecular weight is 590 g/mol. The lowest BCUT2D eigenvalue weighted by molar-refractivity contribution is -0.137. The van der Waals surface area contributed by atoms with Gasteiger partial charge in [0.25, 0.3) is 0 Å². The van der Waals surface area contributed by atoms with Crippen molar-refractivity contribution in [2.24, 2.45) is 5.10 Å². The summed E-state index contributed by atoms with van der Waals surface area (Å²) in [7, 11) is 0. The molecular weight excluding hydrogens is 572 g/mol. The van der Waals surface area contributed by atoms with Crippen molar-refractivity contribution in [3.63, 3.8) is 0 Å². The van der Waals surface area contributed by atoms with Gasteiger partial charge in [0, 0.05) is 32.0 Å². The van der Waals surface area contributed by atoms with Gasteiger partial charge in [-0.15, -0.1) is 5.10 Å². The van der Waals surface area contributed by atoms with E-state index < -0.39 is 23.9 Å². The van der Waals surface area contributed by atoms with Crippen molar-refractivity contribution in [2.75, 3.05) is 10.2 Å². The highest BCUT2D eigenvalue weighted by Gasteiger charge is 2.40. The van der Waals surface area contributed by atoms with E-state index in [0.29, 0.717) is 37.7 Å². The van der Waals surface area contributed by atoms with Gasteiger partial charge in [0.1, 0.15) is 0 Å². The first-order valence-corrected chi connectivity index (χ1v) is 12.7. The third-order valence-corrected chi connectivity index (χ3v) is 6.71. The summed E-state index contributed by atoms with van der Waals surface area (Å²) in [4.78, 5) is 15.5. The number of carbonyl (C=O) groups is 1. The molecule has 1 atom stereocenters. The van der Waals surface area contributed by atoms with E-state index in [1.54, 1.807) is 72.8 Å². The number of urea groups is 1. The molecule has 4 aromatic carbocycles. The minimum Gasteiger partial charge on any atom is -0.306 e. The first kappa shape index (κ1) is 26.9. The smallest absolute Gasteiger partial charge is 0.306 e. The van der Waals surface area contributed by atoms with Crippen LogP contribution in [0.4, 0.5) is 29.3 Å². The van der Waals surface area contributed by atoms with Crippen LogP contribution in [0.3, 0.4) is 0 Å². The molecule has 0 aliphatic carbocycles. The lowest BCUT2D eigenvalue weighted by atomic mass is 10.1. The van der Waals surface area contributed by atoms with E-state index >= 15 is 0 Å². The van der Waals surface area contributed by atoms with Crippen LogP contribution in [-0.2, 0) is 6.18 Å². The molecule has 2 amide bonds.